The van der Waals surface area contributed by atoms with Gasteiger partial charge in [-0.2, -0.15) is 0 Å². The number of esters is 1. The summed E-state index contributed by atoms with van der Waals surface area (Å²) in [5, 5.41) is 0. The summed E-state index contributed by atoms with van der Waals surface area (Å²) in [6.07, 6.45) is 0.953. The molecule has 5 nitrogen and oxygen atoms in total. The zero-order valence-corrected chi connectivity index (χ0v) is 12.3. The Hall–Kier alpha value is -1.62. The molecule has 20 heavy (non-hydrogen) atoms. The number of carbonyl (C=O) groups is 1. The van der Waals surface area contributed by atoms with Crippen LogP contribution in [0.1, 0.15) is 35.0 Å². The van der Waals surface area contributed by atoms with E-state index in [1.165, 1.54) is 6.07 Å². The third kappa shape index (κ3) is 2.93. The Labute approximate surface area is 118 Å². The summed E-state index contributed by atoms with van der Waals surface area (Å²) in [4.78, 5) is 24.2. The topological polar surface area (TPSA) is 57.5 Å². The minimum atomic E-state index is -0.362. The number of rotatable bonds is 4. The first-order chi connectivity index (χ1) is 9.54. The van der Waals surface area contributed by atoms with Gasteiger partial charge >= 0.3 is 5.97 Å². The van der Waals surface area contributed by atoms with Crippen LogP contribution in [0.2, 0.25) is 0 Å². The number of hydrogen-bond donors (Lipinski definition) is 0. The number of aromatic nitrogens is 1. The molecule has 1 fully saturated rings. The van der Waals surface area contributed by atoms with Crippen LogP contribution < -0.4 is 5.56 Å². The molecular weight excluding hydrogens is 258 g/mol. The van der Waals surface area contributed by atoms with Gasteiger partial charge < -0.3 is 14.0 Å². The Morgan fingerprint density at radius 3 is 2.85 bits per heavy atom. The summed E-state index contributed by atoms with van der Waals surface area (Å²) < 4.78 is 12.1. The Morgan fingerprint density at radius 1 is 1.50 bits per heavy atom. The van der Waals surface area contributed by atoms with Gasteiger partial charge in [0.1, 0.15) is 0 Å². The molecule has 0 spiro atoms. The van der Waals surface area contributed by atoms with Crippen molar-refractivity contribution in [1.82, 2.24) is 4.57 Å². The van der Waals surface area contributed by atoms with Crippen molar-refractivity contribution in [3.8, 4) is 0 Å². The van der Waals surface area contributed by atoms with Gasteiger partial charge in [-0.3, -0.25) is 4.79 Å². The Morgan fingerprint density at radius 2 is 2.25 bits per heavy atom. The van der Waals surface area contributed by atoms with E-state index in [0.29, 0.717) is 42.5 Å². The molecule has 1 aliphatic rings. The zero-order valence-electron chi connectivity index (χ0n) is 12.3. The second-order valence-corrected chi connectivity index (χ2v) is 5.19. The third-order valence-electron chi connectivity index (χ3n) is 3.71. The molecule has 1 unspecified atom stereocenters. The highest BCUT2D eigenvalue weighted by molar-refractivity contribution is 5.92. The molecule has 2 rings (SSSR count). The number of pyridine rings is 1. The van der Waals surface area contributed by atoms with Gasteiger partial charge in [0.05, 0.1) is 18.8 Å². The fourth-order valence-corrected chi connectivity index (χ4v) is 2.65. The predicted molar refractivity (Wildman–Crippen MR) is 75.1 cm³/mol. The molecule has 1 aliphatic heterocycles. The normalized spacial score (nSPS) is 18.2. The number of hydrogen-bond acceptors (Lipinski definition) is 4. The molecule has 0 N–H and O–H groups in total. The van der Waals surface area contributed by atoms with Crippen molar-refractivity contribution in [2.75, 3.05) is 19.8 Å². The lowest BCUT2D eigenvalue weighted by Gasteiger charge is -2.17. The number of carbonyl (C=O) groups excluding carboxylic acids is 1. The van der Waals surface area contributed by atoms with E-state index in [-0.39, 0.29) is 11.5 Å². The average molecular weight is 279 g/mol. The molecule has 0 aliphatic carbocycles. The van der Waals surface area contributed by atoms with Gasteiger partial charge in [-0.15, -0.1) is 0 Å². The van der Waals surface area contributed by atoms with Crippen molar-refractivity contribution in [3.05, 3.63) is 33.2 Å². The van der Waals surface area contributed by atoms with Crippen molar-refractivity contribution in [2.24, 2.45) is 5.92 Å². The molecule has 2 heterocycles. The first kappa shape index (κ1) is 14.8. The first-order valence-corrected chi connectivity index (χ1v) is 7.00. The van der Waals surface area contributed by atoms with Gasteiger partial charge in [-0.1, -0.05) is 0 Å². The van der Waals surface area contributed by atoms with E-state index in [4.69, 9.17) is 9.47 Å². The molecule has 1 aromatic heterocycles. The number of aryl methyl sites for hydroxylation is 1. The highest BCUT2D eigenvalue weighted by atomic mass is 16.5. The van der Waals surface area contributed by atoms with Crippen LogP contribution in [-0.2, 0) is 16.0 Å². The fourth-order valence-electron chi connectivity index (χ4n) is 2.65. The monoisotopic (exact) mass is 279 g/mol. The lowest BCUT2D eigenvalue weighted by Crippen LogP contribution is -2.29. The van der Waals surface area contributed by atoms with Gasteiger partial charge in [0.25, 0.3) is 5.56 Å². The number of nitrogens with zero attached hydrogens (tertiary/aromatic N) is 1. The van der Waals surface area contributed by atoms with Crippen molar-refractivity contribution in [3.63, 3.8) is 0 Å². The van der Waals surface area contributed by atoms with Gasteiger partial charge in [0.15, 0.2) is 0 Å². The summed E-state index contributed by atoms with van der Waals surface area (Å²) in [7, 11) is 0. The summed E-state index contributed by atoms with van der Waals surface area (Å²) in [5.74, 6) is -0.0249. The second kappa shape index (κ2) is 6.22. The molecule has 0 amide bonds. The predicted octanol–water partition coefficient (Wildman–Crippen LogP) is 1.68. The summed E-state index contributed by atoms with van der Waals surface area (Å²) >= 11 is 0. The summed E-state index contributed by atoms with van der Waals surface area (Å²) in [6, 6.07) is 1.51. The Bertz CT molecular complexity index is 556. The largest absolute Gasteiger partial charge is 0.462 e. The molecule has 0 bridgehead atoms. The Kier molecular flexibility index (Phi) is 4.60. The fraction of sp³-hybridized carbons (Fsp3) is 0.600. The van der Waals surface area contributed by atoms with Gasteiger partial charge in [0.2, 0.25) is 0 Å². The molecule has 1 saturated heterocycles. The van der Waals surface area contributed by atoms with Crippen molar-refractivity contribution >= 4 is 5.97 Å². The average Bonchev–Trinajstić information content (AvgIpc) is 2.87. The van der Waals surface area contributed by atoms with Crippen LogP contribution in [0, 0.1) is 19.8 Å². The van der Waals surface area contributed by atoms with E-state index in [1.54, 1.807) is 25.3 Å². The van der Waals surface area contributed by atoms with Crippen molar-refractivity contribution in [2.45, 2.75) is 33.7 Å². The summed E-state index contributed by atoms with van der Waals surface area (Å²) in [6.45, 7) is 7.68. The van der Waals surface area contributed by atoms with E-state index in [1.807, 2.05) is 0 Å². The maximum atomic E-state index is 12.2. The zero-order chi connectivity index (χ0) is 14.7. The van der Waals surface area contributed by atoms with Crippen LogP contribution >= 0.6 is 0 Å². The molecule has 0 saturated carbocycles. The number of ether oxygens (including phenoxy) is 2. The first-order valence-electron chi connectivity index (χ1n) is 7.00. The van der Waals surface area contributed by atoms with Crippen LogP contribution in [0.25, 0.3) is 0 Å². The van der Waals surface area contributed by atoms with Crippen molar-refractivity contribution < 1.29 is 14.3 Å². The van der Waals surface area contributed by atoms with Crippen LogP contribution in [0.3, 0.4) is 0 Å². The SMILES string of the molecule is CCOC(=O)c1c(C)cc(=O)n(CC2CCOC2)c1C. The van der Waals surface area contributed by atoms with E-state index < -0.39 is 0 Å². The highest BCUT2D eigenvalue weighted by Crippen LogP contribution is 2.18. The van der Waals surface area contributed by atoms with Crippen LogP contribution in [0.5, 0.6) is 0 Å². The summed E-state index contributed by atoms with van der Waals surface area (Å²) in [5.41, 5.74) is 1.79. The van der Waals surface area contributed by atoms with Gasteiger partial charge in [-0.05, 0) is 32.8 Å². The van der Waals surface area contributed by atoms with E-state index in [0.717, 1.165) is 13.0 Å². The minimum absolute atomic E-state index is 0.0695. The Balaban J connectivity index is 2.38. The molecule has 0 aromatic carbocycles. The van der Waals surface area contributed by atoms with E-state index in [2.05, 4.69) is 0 Å². The minimum Gasteiger partial charge on any atom is -0.462 e. The van der Waals surface area contributed by atoms with Crippen LogP contribution in [0.15, 0.2) is 10.9 Å². The maximum Gasteiger partial charge on any atom is 0.340 e. The molecule has 1 atom stereocenters. The van der Waals surface area contributed by atoms with Gasteiger partial charge in [-0.25, -0.2) is 4.79 Å². The molecule has 5 heteroatoms. The maximum absolute atomic E-state index is 12.2. The standard InChI is InChI=1S/C15H21NO4/c1-4-20-15(18)14-10(2)7-13(17)16(11(14)3)8-12-5-6-19-9-12/h7,12H,4-6,8-9H2,1-3H3. The van der Waals surface area contributed by atoms with Crippen molar-refractivity contribution in [1.29, 1.82) is 0 Å². The van der Waals surface area contributed by atoms with E-state index >= 15 is 0 Å². The molecule has 0 radical (unpaired) electrons. The third-order valence-corrected chi connectivity index (χ3v) is 3.71. The lowest BCUT2D eigenvalue weighted by molar-refractivity contribution is 0.0523. The smallest absolute Gasteiger partial charge is 0.340 e. The lowest BCUT2D eigenvalue weighted by atomic mass is 10.1. The quantitative estimate of drug-likeness (QED) is 0.787. The molecular formula is C15H21NO4. The van der Waals surface area contributed by atoms with E-state index in [9.17, 15) is 9.59 Å². The second-order valence-electron chi connectivity index (χ2n) is 5.19. The highest BCUT2D eigenvalue weighted by Gasteiger charge is 2.21. The van der Waals surface area contributed by atoms with Crippen LogP contribution in [0.4, 0.5) is 0 Å². The van der Waals surface area contributed by atoms with Gasteiger partial charge in [0, 0.05) is 30.8 Å². The molecule has 1 aromatic rings. The molecule has 110 valence electrons. The van der Waals surface area contributed by atoms with Crippen LogP contribution in [-0.4, -0.2) is 30.4 Å².